The van der Waals surface area contributed by atoms with Crippen LogP contribution in [0.2, 0.25) is 10.0 Å². The van der Waals surface area contributed by atoms with Crippen molar-refractivity contribution < 1.29 is 36.7 Å². The van der Waals surface area contributed by atoms with Crippen molar-refractivity contribution in [1.82, 2.24) is 10.1 Å². The Morgan fingerprint density at radius 1 is 1.15 bits per heavy atom. The van der Waals surface area contributed by atoms with E-state index >= 15 is 0 Å². The van der Waals surface area contributed by atoms with E-state index < -0.39 is 30.0 Å². The summed E-state index contributed by atoms with van der Waals surface area (Å²) in [5.41, 5.74) is 1.42. The van der Waals surface area contributed by atoms with Gasteiger partial charge in [-0.1, -0.05) is 34.4 Å². The zero-order valence-electron chi connectivity index (χ0n) is 20.5. The van der Waals surface area contributed by atoms with Gasteiger partial charge in [0.15, 0.2) is 0 Å². The van der Waals surface area contributed by atoms with Crippen molar-refractivity contribution in [3.63, 3.8) is 0 Å². The number of aromatic nitrogens is 2. The molecule has 1 aliphatic heterocycles. The monoisotopic (exact) mass is 585 g/mol. The molecule has 1 N–H and O–H groups in total. The Labute approximate surface area is 231 Å². The van der Waals surface area contributed by atoms with Crippen molar-refractivity contribution in [3.8, 4) is 11.3 Å². The van der Waals surface area contributed by atoms with Gasteiger partial charge < -0.3 is 23.7 Å². The number of hydrogen-bond acceptors (Lipinski definition) is 7. The molecule has 3 fully saturated rings. The summed E-state index contributed by atoms with van der Waals surface area (Å²) in [6, 6.07) is 5.07. The van der Waals surface area contributed by atoms with E-state index in [1.807, 2.05) is 0 Å². The number of oxazole rings is 1. The van der Waals surface area contributed by atoms with Gasteiger partial charge in [-0.05, 0) is 49.7 Å². The van der Waals surface area contributed by atoms with Crippen LogP contribution in [0.1, 0.15) is 54.4 Å². The molecule has 6 rings (SSSR count). The molecule has 0 radical (unpaired) electrons. The van der Waals surface area contributed by atoms with Gasteiger partial charge in [0.25, 0.3) is 6.01 Å². The van der Waals surface area contributed by atoms with Crippen molar-refractivity contribution >= 4 is 35.2 Å². The number of alkyl halides is 3. The zero-order valence-corrected chi connectivity index (χ0v) is 22.0. The second-order valence-electron chi connectivity index (χ2n) is 10.4. The average Bonchev–Trinajstić information content (AvgIpc) is 3.15. The van der Waals surface area contributed by atoms with Gasteiger partial charge in [-0.15, -0.1) is 0 Å². The molecule has 3 aromatic rings. The number of carbonyl (C=O) groups is 1. The van der Waals surface area contributed by atoms with Crippen LogP contribution in [0.15, 0.2) is 27.1 Å². The molecule has 0 bridgehead atoms. The van der Waals surface area contributed by atoms with Crippen LogP contribution in [-0.4, -0.2) is 40.4 Å². The van der Waals surface area contributed by atoms with Gasteiger partial charge in [-0.3, -0.25) is 4.79 Å². The van der Waals surface area contributed by atoms with Gasteiger partial charge in [-0.2, -0.15) is 18.2 Å². The highest BCUT2D eigenvalue weighted by Crippen LogP contribution is 2.47. The molecule has 2 aromatic heterocycles. The SMILES string of the molecule is O=C(O)Cc1nc(N2C[C@H]3CC(OCc4c(-c5c(Cl)cccc5Cl)noc4C4CC4)C[C@H]3C2)oc1C(F)(F)F. The molecule has 8 nitrogen and oxygen atoms in total. The molecular formula is C26H24Cl2F3N3O5. The predicted molar refractivity (Wildman–Crippen MR) is 134 cm³/mol. The fraction of sp³-hybridized carbons (Fsp3) is 0.500. The number of nitrogens with zero attached hydrogens (tertiary/aromatic N) is 3. The van der Waals surface area contributed by atoms with E-state index in [9.17, 15) is 18.0 Å². The Morgan fingerprint density at radius 3 is 2.41 bits per heavy atom. The number of anilines is 1. The van der Waals surface area contributed by atoms with Gasteiger partial charge in [0.2, 0.25) is 5.76 Å². The molecule has 13 heteroatoms. The minimum Gasteiger partial charge on any atom is -0.481 e. The first kappa shape index (κ1) is 26.5. The van der Waals surface area contributed by atoms with Crippen LogP contribution in [-0.2, 0) is 28.7 Å². The number of benzene rings is 1. The largest absolute Gasteiger partial charge is 0.481 e. The van der Waals surface area contributed by atoms with Crippen molar-refractivity contribution in [3.05, 3.63) is 51.0 Å². The highest BCUT2D eigenvalue weighted by atomic mass is 35.5. The molecule has 1 unspecified atom stereocenters. The predicted octanol–water partition coefficient (Wildman–Crippen LogP) is 6.59. The Bertz CT molecular complexity index is 1370. The molecule has 0 amide bonds. The number of hydrogen-bond donors (Lipinski definition) is 1. The van der Waals surface area contributed by atoms with Crippen molar-refractivity contribution in [2.75, 3.05) is 18.0 Å². The first-order valence-corrected chi connectivity index (χ1v) is 13.4. The maximum atomic E-state index is 13.4. The zero-order chi connectivity index (χ0) is 27.5. The van der Waals surface area contributed by atoms with Crippen LogP contribution < -0.4 is 4.90 Å². The highest BCUT2D eigenvalue weighted by molar-refractivity contribution is 6.39. The third kappa shape index (κ3) is 5.24. The van der Waals surface area contributed by atoms with E-state index in [2.05, 4.69) is 10.1 Å². The summed E-state index contributed by atoms with van der Waals surface area (Å²) in [5.74, 6) is -1.30. The molecule has 3 heterocycles. The van der Waals surface area contributed by atoms with Crippen molar-refractivity contribution in [2.45, 2.75) is 56.9 Å². The topological polar surface area (TPSA) is 102 Å². The molecule has 0 spiro atoms. The van der Waals surface area contributed by atoms with E-state index in [1.54, 1.807) is 23.1 Å². The lowest BCUT2D eigenvalue weighted by Gasteiger charge is -2.18. The van der Waals surface area contributed by atoms with Crippen LogP contribution in [0.3, 0.4) is 0 Å². The summed E-state index contributed by atoms with van der Waals surface area (Å²) in [5, 5.41) is 14.2. The molecule has 2 aliphatic carbocycles. The number of ether oxygens (including phenoxy) is 1. The molecule has 1 saturated heterocycles. The van der Waals surface area contributed by atoms with Gasteiger partial charge in [0.1, 0.15) is 17.1 Å². The van der Waals surface area contributed by atoms with Gasteiger partial charge >= 0.3 is 12.1 Å². The summed E-state index contributed by atoms with van der Waals surface area (Å²) in [4.78, 5) is 16.6. The fourth-order valence-electron chi connectivity index (χ4n) is 5.75. The summed E-state index contributed by atoms with van der Waals surface area (Å²) in [6.45, 7) is 1.19. The lowest BCUT2D eigenvalue weighted by Crippen LogP contribution is -2.23. The fourth-order valence-corrected chi connectivity index (χ4v) is 6.32. The number of carboxylic acid groups (broad SMARTS) is 1. The third-order valence-electron chi connectivity index (χ3n) is 7.67. The maximum absolute atomic E-state index is 13.4. The first-order chi connectivity index (χ1) is 18.6. The van der Waals surface area contributed by atoms with Crippen LogP contribution in [0, 0.1) is 11.8 Å². The smallest absolute Gasteiger partial charge is 0.451 e. The molecule has 1 aromatic carbocycles. The lowest BCUT2D eigenvalue weighted by atomic mass is 10.0. The average molecular weight is 586 g/mol. The summed E-state index contributed by atoms with van der Waals surface area (Å²) in [7, 11) is 0. The Morgan fingerprint density at radius 2 is 1.82 bits per heavy atom. The van der Waals surface area contributed by atoms with E-state index in [0.29, 0.717) is 40.3 Å². The maximum Gasteiger partial charge on any atom is 0.451 e. The number of aliphatic carboxylic acids is 1. The van der Waals surface area contributed by atoms with Crippen LogP contribution in [0.25, 0.3) is 11.3 Å². The van der Waals surface area contributed by atoms with E-state index in [4.69, 9.17) is 42.0 Å². The van der Waals surface area contributed by atoms with Gasteiger partial charge in [0.05, 0.1) is 29.2 Å². The molecular weight excluding hydrogens is 562 g/mol. The van der Waals surface area contributed by atoms with E-state index in [-0.39, 0.29) is 30.6 Å². The van der Waals surface area contributed by atoms with E-state index in [0.717, 1.165) is 37.0 Å². The quantitative estimate of drug-likeness (QED) is 0.316. The number of rotatable bonds is 8. The first-order valence-electron chi connectivity index (χ1n) is 12.7. The second-order valence-corrected chi connectivity index (χ2v) is 11.2. The number of fused-ring (bicyclic) bond motifs is 1. The molecule has 208 valence electrons. The Hall–Kier alpha value is -2.76. The molecule has 2 saturated carbocycles. The van der Waals surface area contributed by atoms with Crippen LogP contribution in [0.4, 0.5) is 19.2 Å². The minimum absolute atomic E-state index is 0.0449. The van der Waals surface area contributed by atoms with Crippen molar-refractivity contribution in [2.24, 2.45) is 11.8 Å². The second kappa shape index (κ2) is 10.0. The minimum atomic E-state index is -4.82. The highest BCUT2D eigenvalue weighted by Gasteiger charge is 2.45. The van der Waals surface area contributed by atoms with Crippen molar-refractivity contribution in [1.29, 1.82) is 0 Å². The number of halogens is 5. The van der Waals surface area contributed by atoms with Crippen LogP contribution in [0.5, 0.6) is 0 Å². The Balaban J connectivity index is 1.13. The summed E-state index contributed by atoms with van der Waals surface area (Å²) < 4.78 is 57.1. The molecule has 39 heavy (non-hydrogen) atoms. The van der Waals surface area contributed by atoms with E-state index in [1.165, 1.54) is 0 Å². The third-order valence-corrected chi connectivity index (χ3v) is 8.30. The Kier molecular flexibility index (Phi) is 6.79. The van der Waals surface area contributed by atoms with Crippen LogP contribution >= 0.6 is 23.2 Å². The lowest BCUT2D eigenvalue weighted by molar-refractivity contribution is -0.153. The van der Waals surface area contributed by atoms with Gasteiger partial charge in [-0.25, -0.2) is 0 Å². The molecule has 3 aliphatic rings. The standard InChI is InChI=1S/C26H24Cl2F3N3O5/c27-17-2-1-3-18(28)21(17)22-16(23(39-33-22)12-4-5-12)11-37-15-6-13-9-34(10-14(13)7-15)25-32-19(8-20(35)36)24(38-25)26(29,30)31/h1-3,12-15H,4-11H2,(H,35,36)/t13-,14+,15?. The normalized spacial score (nSPS) is 23.0. The van der Waals surface area contributed by atoms with Gasteiger partial charge in [0, 0.05) is 30.1 Å². The number of carboxylic acids is 1. The summed E-state index contributed by atoms with van der Waals surface area (Å²) >= 11 is 12.9. The molecule has 3 atom stereocenters. The summed E-state index contributed by atoms with van der Waals surface area (Å²) in [6.07, 6.45) is -2.24.